The highest BCUT2D eigenvalue weighted by molar-refractivity contribution is 5.65. The second kappa shape index (κ2) is 9.31. The predicted octanol–water partition coefficient (Wildman–Crippen LogP) is 3.86. The van der Waals surface area contributed by atoms with Crippen LogP contribution in [0.3, 0.4) is 0 Å². The van der Waals surface area contributed by atoms with Gasteiger partial charge in [-0.05, 0) is 29.8 Å². The molecule has 1 fully saturated rings. The zero-order valence-corrected chi connectivity index (χ0v) is 17.3. The van der Waals surface area contributed by atoms with Crippen LogP contribution < -0.4 is 14.8 Å². The molecule has 9 heteroatoms. The molecule has 0 bridgehead atoms. The summed E-state index contributed by atoms with van der Waals surface area (Å²) in [5, 5.41) is 19.9. The first-order chi connectivity index (χ1) is 15.5. The van der Waals surface area contributed by atoms with E-state index in [1.807, 2.05) is 42.5 Å². The molecule has 0 aliphatic heterocycles. The fraction of sp³-hybridized carbons (Fsp3) is 0.261. The Kier molecular flexibility index (Phi) is 6.12. The molecule has 2 heterocycles. The molecule has 32 heavy (non-hydrogen) atoms. The van der Waals surface area contributed by atoms with Crippen molar-refractivity contribution in [1.82, 2.24) is 20.3 Å². The number of rotatable bonds is 7. The average Bonchev–Trinajstić information content (AvgIpc) is 2.78. The minimum absolute atomic E-state index is 0.00553. The minimum Gasteiger partial charge on any atom is -0.489 e. The van der Waals surface area contributed by atoms with E-state index in [1.165, 1.54) is 12.4 Å². The zero-order chi connectivity index (χ0) is 22.5. The number of hydrogen-bond acceptors (Lipinski definition) is 7. The van der Waals surface area contributed by atoms with E-state index in [1.54, 1.807) is 6.20 Å². The molecule has 1 atom stereocenters. The van der Waals surface area contributed by atoms with Gasteiger partial charge < -0.3 is 19.9 Å². The SMILES string of the molecule is CC(c1ccc(Oc2cnc(C#N)nc2)cc1)c1ccc(O[C@H]2C[C@H](NC(=O)O)C2)cn1. The van der Waals surface area contributed by atoms with Crippen molar-refractivity contribution in [3.8, 4) is 23.3 Å². The monoisotopic (exact) mass is 431 g/mol. The lowest BCUT2D eigenvalue weighted by molar-refractivity contribution is 0.0830. The number of nitriles is 1. The van der Waals surface area contributed by atoms with Crippen LogP contribution in [0.2, 0.25) is 0 Å². The highest BCUT2D eigenvalue weighted by Gasteiger charge is 2.32. The lowest BCUT2D eigenvalue weighted by atomic mass is 9.89. The molecule has 162 valence electrons. The summed E-state index contributed by atoms with van der Waals surface area (Å²) in [6.45, 7) is 2.07. The van der Waals surface area contributed by atoms with Crippen LogP contribution >= 0.6 is 0 Å². The number of nitrogens with one attached hydrogen (secondary N) is 1. The summed E-state index contributed by atoms with van der Waals surface area (Å²) in [7, 11) is 0. The van der Waals surface area contributed by atoms with Gasteiger partial charge in [-0.3, -0.25) is 4.98 Å². The molecule has 2 aromatic heterocycles. The van der Waals surface area contributed by atoms with Crippen molar-refractivity contribution in [1.29, 1.82) is 5.26 Å². The summed E-state index contributed by atoms with van der Waals surface area (Å²) in [5.74, 6) is 1.94. The normalized spacial score (nSPS) is 18.0. The number of hydrogen-bond donors (Lipinski definition) is 2. The molecular formula is C23H21N5O4. The van der Waals surface area contributed by atoms with Crippen LogP contribution in [0.5, 0.6) is 17.2 Å². The van der Waals surface area contributed by atoms with Gasteiger partial charge in [0.05, 0.1) is 18.6 Å². The van der Waals surface area contributed by atoms with Crippen molar-refractivity contribution in [3.05, 3.63) is 72.1 Å². The molecule has 9 nitrogen and oxygen atoms in total. The second-order valence-corrected chi connectivity index (χ2v) is 7.52. The van der Waals surface area contributed by atoms with Crippen LogP contribution in [-0.2, 0) is 0 Å². The van der Waals surface area contributed by atoms with Gasteiger partial charge in [-0.1, -0.05) is 19.1 Å². The number of amides is 1. The molecular weight excluding hydrogens is 410 g/mol. The Bertz CT molecular complexity index is 1110. The summed E-state index contributed by atoms with van der Waals surface area (Å²) < 4.78 is 11.6. The molecule has 0 radical (unpaired) electrons. The third-order valence-electron chi connectivity index (χ3n) is 5.27. The first-order valence-corrected chi connectivity index (χ1v) is 10.1. The van der Waals surface area contributed by atoms with Crippen molar-refractivity contribution < 1.29 is 19.4 Å². The van der Waals surface area contributed by atoms with E-state index in [0.29, 0.717) is 30.1 Å². The Balaban J connectivity index is 1.32. The Morgan fingerprint density at radius 1 is 1.06 bits per heavy atom. The number of ether oxygens (including phenoxy) is 2. The first kappa shape index (κ1) is 21.1. The molecule has 0 spiro atoms. The van der Waals surface area contributed by atoms with E-state index in [9.17, 15) is 4.79 Å². The number of nitrogens with zero attached hydrogens (tertiary/aromatic N) is 4. The van der Waals surface area contributed by atoms with E-state index < -0.39 is 6.09 Å². The lowest BCUT2D eigenvalue weighted by Crippen LogP contribution is -2.48. The van der Waals surface area contributed by atoms with Gasteiger partial charge in [-0.2, -0.15) is 5.26 Å². The Hall–Kier alpha value is -4.19. The van der Waals surface area contributed by atoms with Gasteiger partial charge in [-0.15, -0.1) is 0 Å². The number of pyridine rings is 1. The molecule has 2 N–H and O–H groups in total. The summed E-state index contributed by atoms with van der Waals surface area (Å²) in [6, 6.07) is 13.3. The first-order valence-electron chi connectivity index (χ1n) is 10.1. The molecule has 1 aromatic carbocycles. The van der Waals surface area contributed by atoms with Crippen molar-refractivity contribution in [3.63, 3.8) is 0 Å². The fourth-order valence-electron chi connectivity index (χ4n) is 3.42. The fourth-order valence-corrected chi connectivity index (χ4v) is 3.42. The third kappa shape index (κ3) is 5.10. The van der Waals surface area contributed by atoms with Gasteiger partial charge >= 0.3 is 6.09 Å². The average molecular weight is 431 g/mol. The zero-order valence-electron chi connectivity index (χ0n) is 17.3. The van der Waals surface area contributed by atoms with E-state index in [-0.39, 0.29) is 23.9 Å². The van der Waals surface area contributed by atoms with Crippen molar-refractivity contribution in [2.45, 2.75) is 37.8 Å². The van der Waals surface area contributed by atoms with Crippen LogP contribution in [0.1, 0.15) is 42.8 Å². The molecule has 1 aliphatic rings. The molecule has 1 aliphatic carbocycles. The van der Waals surface area contributed by atoms with E-state index in [2.05, 4.69) is 27.2 Å². The summed E-state index contributed by atoms with van der Waals surface area (Å²) in [6.07, 6.45) is 4.94. The van der Waals surface area contributed by atoms with Crippen LogP contribution in [0.15, 0.2) is 55.0 Å². The molecule has 3 aromatic rings. The number of benzene rings is 1. The summed E-state index contributed by atoms with van der Waals surface area (Å²) >= 11 is 0. The molecule has 4 rings (SSSR count). The van der Waals surface area contributed by atoms with Gasteiger partial charge in [0.1, 0.15) is 23.7 Å². The Morgan fingerprint density at radius 2 is 1.72 bits per heavy atom. The molecule has 1 amide bonds. The lowest BCUT2D eigenvalue weighted by Gasteiger charge is -2.34. The van der Waals surface area contributed by atoms with E-state index in [0.717, 1.165) is 11.3 Å². The number of carbonyl (C=O) groups is 1. The Labute approximate surface area is 184 Å². The van der Waals surface area contributed by atoms with Crippen LogP contribution in [0, 0.1) is 11.3 Å². The third-order valence-corrected chi connectivity index (χ3v) is 5.27. The molecule has 1 unspecified atom stereocenters. The van der Waals surface area contributed by atoms with Crippen LogP contribution in [-0.4, -0.2) is 38.3 Å². The Morgan fingerprint density at radius 3 is 2.31 bits per heavy atom. The summed E-state index contributed by atoms with van der Waals surface area (Å²) in [5.41, 5.74) is 1.99. The maximum Gasteiger partial charge on any atom is 0.404 e. The quantitative estimate of drug-likeness (QED) is 0.577. The van der Waals surface area contributed by atoms with E-state index in [4.69, 9.17) is 19.8 Å². The van der Waals surface area contributed by atoms with E-state index >= 15 is 0 Å². The van der Waals surface area contributed by atoms with Crippen LogP contribution in [0.4, 0.5) is 4.79 Å². The van der Waals surface area contributed by atoms with Crippen molar-refractivity contribution >= 4 is 6.09 Å². The largest absolute Gasteiger partial charge is 0.489 e. The minimum atomic E-state index is -1.00. The second-order valence-electron chi connectivity index (χ2n) is 7.52. The van der Waals surface area contributed by atoms with Gasteiger partial charge in [0.25, 0.3) is 0 Å². The highest BCUT2D eigenvalue weighted by Crippen LogP contribution is 2.29. The maximum absolute atomic E-state index is 10.6. The standard InChI is InChI=1S/C23H21N5O4/c1-14(15-2-4-17(5-3-15)31-20-12-26-22(10-24)27-13-20)21-7-6-18(11-25-21)32-19-8-16(9-19)28-23(29)30/h2-7,11-14,16,19,28H,8-9H2,1H3,(H,29,30)/t14?,16-,19-. The maximum atomic E-state index is 10.6. The topological polar surface area (TPSA) is 130 Å². The van der Waals surface area contributed by atoms with Crippen LogP contribution in [0.25, 0.3) is 0 Å². The van der Waals surface area contributed by atoms with Gasteiger partial charge in [0.15, 0.2) is 5.75 Å². The van der Waals surface area contributed by atoms with Crippen molar-refractivity contribution in [2.24, 2.45) is 0 Å². The molecule has 1 saturated carbocycles. The van der Waals surface area contributed by atoms with Gasteiger partial charge in [0.2, 0.25) is 5.82 Å². The number of aromatic nitrogens is 3. The number of carboxylic acid groups (broad SMARTS) is 1. The smallest absolute Gasteiger partial charge is 0.404 e. The molecule has 0 saturated heterocycles. The van der Waals surface area contributed by atoms with Gasteiger partial charge in [-0.25, -0.2) is 14.8 Å². The highest BCUT2D eigenvalue weighted by atomic mass is 16.5. The predicted molar refractivity (Wildman–Crippen MR) is 114 cm³/mol. The van der Waals surface area contributed by atoms with Crippen molar-refractivity contribution in [2.75, 3.05) is 0 Å². The summed E-state index contributed by atoms with van der Waals surface area (Å²) in [4.78, 5) is 22.9. The van der Waals surface area contributed by atoms with Gasteiger partial charge in [0, 0.05) is 30.5 Å².